The van der Waals surface area contributed by atoms with Gasteiger partial charge in [-0.25, -0.2) is 9.97 Å². The second kappa shape index (κ2) is 11.7. The minimum atomic E-state index is -0.681. The molecule has 0 unspecified atom stereocenters. The number of rotatable bonds is 7. The van der Waals surface area contributed by atoms with Gasteiger partial charge in [0.15, 0.2) is 5.82 Å². The van der Waals surface area contributed by atoms with E-state index in [1.165, 1.54) is 5.39 Å². The summed E-state index contributed by atoms with van der Waals surface area (Å²) in [5.74, 6) is 3.34. The molecule has 0 aliphatic carbocycles. The molecule has 236 valence electrons. The first-order valence-electron chi connectivity index (χ1n) is 16.5. The lowest BCUT2D eigenvalue weighted by molar-refractivity contribution is 0.479. The molecule has 6 heteroatoms. The van der Waals surface area contributed by atoms with Crippen LogP contribution in [0.25, 0.3) is 27.6 Å². The van der Waals surface area contributed by atoms with Gasteiger partial charge in [0.1, 0.15) is 22.9 Å². The van der Waals surface area contributed by atoms with Gasteiger partial charge in [0, 0.05) is 36.3 Å². The van der Waals surface area contributed by atoms with Crippen LogP contribution >= 0.6 is 0 Å². The number of anilines is 2. The molecule has 0 bridgehead atoms. The summed E-state index contributed by atoms with van der Waals surface area (Å²) in [5, 5.41) is 2.33. The average molecular weight is 636 g/mol. The third-order valence-electron chi connectivity index (χ3n) is 9.57. The lowest BCUT2D eigenvalue weighted by atomic mass is 9.75. The number of benzene rings is 5. The average Bonchev–Trinajstić information content (AvgIpc) is 3.68. The number of aromatic nitrogens is 3. The van der Waals surface area contributed by atoms with E-state index in [9.17, 15) is 0 Å². The zero-order valence-electron chi connectivity index (χ0n) is 27.0. The molecule has 0 atom stereocenters. The van der Waals surface area contributed by atoms with Gasteiger partial charge in [-0.05, 0) is 71.3 Å². The molecule has 1 aliphatic rings. The number of ether oxygens (including phenoxy) is 1. The fourth-order valence-electron chi connectivity index (χ4n) is 7.53. The Labute approximate surface area is 285 Å². The predicted molar refractivity (Wildman–Crippen MR) is 198 cm³/mol. The Kier molecular flexibility index (Phi) is 6.87. The number of hydrogen-bond donors (Lipinski definition) is 0. The highest BCUT2D eigenvalue weighted by Crippen LogP contribution is 2.50. The SMILES string of the molecule is CN1CN(C(c2ccccc2)(c2ccccc2)c2cccc(Oc3ccc4c5ccccc5n(-c5ccccn5)c4c3)c2)c2cccnc21. The molecule has 1 aliphatic heterocycles. The summed E-state index contributed by atoms with van der Waals surface area (Å²) < 4.78 is 8.97. The second-order valence-electron chi connectivity index (χ2n) is 12.4. The maximum Gasteiger partial charge on any atom is 0.153 e. The second-order valence-corrected chi connectivity index (χ2v) is 12.4. The lowest BCUT2D eigenvalue weighted by Crippen LogP contribution is -2.49. The minimum absolute atomic E-state index is 0.663. The van der Waals surface area contributed by atoms with Crippen molar-refractivity contribution < 1.29 is 4.74 Å². The Morgan fingerprint density at radius 1 is 0.551 bits per heavy atom. The molecule has 0 fully saturated rings. The summed E-state index contributed by atoms with van der Waals surface area (Å²) >= 11 is 0. The van der Waals surface area contributed by atoms with Crippen LogP contribution < -0.4 is 14.5 Å². The van der Waals surface area contributed by atoms with Crippen LogP contribution in [-0.2, 0) is 5.54 Å². The molecule has 0 saturated carbocycles. The Balaban J connectivity index is 1.21. The van der Waals surface area contributed by atoms with Gasteiger partial charge >= 0.3 is 0 Å². The molecule has 9 rings (SSSR count). The van der Waals surface area contributed by atoms with Crippen molar-refractivity contribution in [3.63, 3.8) is 0 Å². The molecule has 49 heavy (non-hydrogen) atoms. The van der Waals surface area contributed by atoms with Gasteiger partial charge in [0.05, 0.1) is 23.4 Å². The van der Waals surface area contributed by atoms with E-state index in [2.05, 4.69) is 149 Å². The Morgan fingerprint density at radius 3 is 2.00 bits per heavy atom. The van der Waals surface area contributed by atoms with Crippen molar-refractivity contribution in [3.8, 4) is 17.3 Å². The van der Waals surface area contributed by atoms with Crippen molar-refractivity contribution in [2.45, 2.75) is 5.54 Å². The van der Waals surface area contributed by atoms with Crippen molar-refractivity contribution in [1.29, 1.82) is 0 Å². The molecule has 0 spiro atoms. The molecule has 4 heterocycles. The van der Waals surface area contributed by atoms with E-state index >= 15 is 0 Å². The molecule has 0 N–H and O–H groups in total. The number of pyridine rings is 2. The third kappa shape index (κ3) is 4.64. The molecule has 0 radical (unpaired) electrons. The molecular formula is C43H33N5O. The minimum Gasteiger partial charge on any atom is -0.457 e. The summed E-state index contributed by atoms with van der Waals surface area (Å²) in [7, 11) is 2.10. The molecule has 8 aromatic rings. The standard InChI is InChI=1S/C43H33N5O/c1-46-30-47(39-22-13-27-45-42(39)46)43(31-14-4-2-5-15-31,32-16-6-3-7-17-32)33-18-12-19-34(28-33)49-35-24-25-37-36-20-8-9-21-38(36)48(40(37)29-35)41-23-10-11-26-44-41/h2-29H,30H2,1H3. The highest BCUT2D eigenvalue weighted by molar-refractivity contribution is 6.09. The van der Waals surface area contributed by atoms with Crippen molar-refractivity contribution in [1.82, 2.24) is 14.5 Å². The van der Waals surface area contributed by atoms with E-state index in [1.54, 1.807) is 0 Å². The van der Waals surface area contributed by atoms with Gasteiger partial charge < -0.3 is 14.5 Å². The first-order valence-corrected chi connectivity index (χ1v) is 16.5. The van der Waals surface area contributed by atoms with Gasteiger partial charge in [-0.3, -0.25) is 4.57 Å². The smallest absolute Gasteiger partial charge is 0.153 e. The monoisotopic (exact) mass is 635 g/mol. The fourth-order valence-corrected chi connectivity index (χ4v) is 7.53. The maximum absolute atomic E-state index is 6.76. The predicted octanol–water partition coefficient (Wildman–Crippen LogP) is 9.57. The first kappa shape index (κ1) is 28.8. The van der Waals surface area contributed by atoms with Crippen LogP contribution in [0.4, 0.5) is 11.5 Å². The normalized spacial score (nSPS) is 12.8. The largest absolute Gasteiger partial charge is 0.457 e. The fraction of sp³-hybridized carbons (Fsp3) is 0.0698. The van der Waals surface area contributed by atoms with Crippen LogP contribution in [0.15, 0.2) is 170 Å². The van der Waals surface area contributed by atoms with Crippen LogP contribution in [0, 0.1) is 0 Å². The number of nitrogens with zero attached hydrogens (tertiary/aromatic N) is 5. The Hall–Kier alpha value is -6.40. The number of fused-ring (bicyclic) bond motifs is 4. The lowest BCUT2D eigenvalue weighted by Gasteiger charge is -2.45. The van der Waals surface area contributed by atoms with Crippen LogP contribution in [0.3, 0.4) is 0 Å². The third-order valence-corrected chi connectivity index (χ3v) is 9.57. The van der Waals surface area contributed by atoms with Crippen molar-refractivity contribution in [2.24, 2.45) is 0 Å². The van der Waals surface area contributed by atoms with Crippen LogP contribution in [0.2, 0.25) is 0 Å². The maximum atomic E-state index is 6.76. The first-order chi connectivity index (χ1) is 24.2. The van der Waals surface area contributed by atoms with E-state index in [1.807, 2.05) is 42.7 Å². The number of hydrogen-bond acceptors (Lipinski definition) is 5. The highest BCUT2D eigenvalue weighted by atomic mass is 16.5. The van der Waals surface area contributed by atoms with E-state index in [-0.39, 0.29) is 0 Å². The Morgan fingerprint density at radius 2 is 1.22 bits per heavy atom. The number of para-hydroxylation sites is 1. The summed E-state index contributed by atoms with van der Waals surface area (Å²) in [4.78, 5) is 14.2. The van der Waals surface area contributed by atoms with Crippen molar-refractivity contribution in [3.05, 3.63) is 187 Å². The summed E-state index contributed by atoms with van der Waals surface area (Å²) in [6.45, 7) is 0.663. The molecule has 0 amide bonds. The van der Waals surface area contributed by atoms with Crippen LogP contribution in [-0.4, -0.2) is 28.3 Å². The summed E-state index contributed by atoms with van der Waals surface area (Å²) in [5.41, 5.74) is 5.96. The van der Waals surface area contributed by atoms with Crippen LogP contribution in [0.1, 0.15) is 16.7 Å². The van der Waals surface area contributed by atoms with E-state index in [0.29, 0.717) is 6.67 Å². The van der Waals surface area contributed by atoms with Gasteiger partial charge in [-0.1, -0.05) is 97.1 Å². The Bertz CT molecular complexity index is 2390. The zero-order valence-corrected chi connectivity index (χ0v) is 27.0. The molecule has 3 aromatic heterocycles. The highest BCUT2D eigenvalue weighted by Gasteiger charge is 2.46. The van der Waals surface area contributed by atoms with Crippen molar-refractivity contribution in [2.75, 3.05) is 23.5 Å². The molecular weight excluding hydrogens is 603 g/mol. The summed E-state index contributed by atoms with van der Waals surface area (Å²) in [6, 6.07) is 55.0. The van der Waals surface area contributed by atoms with Gasteiger partial charge in [-0.2, -0.15) is 0 Å². The van der Waals surface area contributed by atoms with Crippen LogP contribution in [0.5, 0.6) is 11.5 Å². The topological polar surface area (TPSA) is 46.4 Å². The quantitative estimate of drug-likeness (QED) is 0.163. The summed E-state index contributed by atoms with van der Waals surface area (Å²) in [6.07, 6.45) is 3.70. The van der Waals surface area contributed by atoms with E-state index in [0.717, 1.165) is 61.9 Å². The van der Waals surface area contributed by atoms with Crippen molar-refractivity contribution >= 4 is 33.3 Å². The van der Waals surface area contributed by atoms with Gasteiger partial charge in [-0.15, -0.1) is 0 Å². The van der Waals surface area contributed by atoms with Gasteiger partial charge in [0.25, 0.3) is 0 Å². The molecule has 6 nitrogen and oxygen atoms in total. The molecule has 5 aromatic carbocycles. The van der Waals surface area contributed by atoms with E-state index in [4.69, 9.17) is 14.7 Å². The van der Waals surface area contributed by atoms with E-state index < -0.39 is 5.54 Å². The molecule has 0 saturated heterocycles. The van der Waals surface area contributed by atoms with Gasteiger partial charge in [0.2, 0.25) is 0 Å². The zero-order chi connectivity index (χ0) is 32.8.